The Balaban J connectivity index is 6.52. The first-order valence-corrected chi connectivity index (χ1v) is 14.5. The van der Waals surface area contributed by atoms with Crippen LogP contribution in [0.1, 0.15) is 52.4 Å². The van der Waals surface area contributed by atoms with E-state index >= 15 is 0 Å². The number of hydrogen-bond donors (Lipinski definition) is 0. The third-order valence-electron chi connectivity index (χ3n) is 4.09. The average molecular weight is 595 g/mol. The first-order valence-electron chi connectivity index (χ1n) is 9.33. The van der Waals surface area contributed by atoms with E-state index in [0.717, 1.165) is 0 Å². The molecule has 0 radical (unpaired) electrons. The van der Waals surface area contributed by atoms with Gasteiger partial charge in [-0.2, -0.15) is 0 Å². The molecule has 0 rings (SSSR count). The van der Waals surface area contributed by atoms with Gasteiger partial charge >= 0.3 is 176 Å². The summed E-state index contributed by atoms with van der Waals surface area (Å²) in [5.74, 6) is 0. The molecule has 0 saturated carbocycles. The van der Waals surface area contributed by atoms with E-state index < -0.39 is 77.8 Å². The topological polar surface area (TPSA) is 18.5 Å². The Hall–Kier alpha value is -0.121. The fourth-order valence-corrected chi connectivity index (χ4v) is 11.5. The molecule has 0 aromatic rings. The maximum absolute atomic E-state index is 14.9. The van der Waals surface area contributed by atoms with Crippen LogP contribution in [-0.2, 0) is 6.15 Å². The van der Waals surface area contributed by atoms with Crippen LogP contribution in [0.25, 0.3) is 0 Å². The van der Waals surface area contributed by atoms with Crippen LogP contribution < -0.4 is 0 Å². The second kappa shape index (κ2) is 11.8. The minimum absolute atomic E-state index is 0.136. The van der Waals surface area contributed by atoms with Gasteiger partial charge in [0.1, 0.15) is 0 Å². The Bertz CT molecular complexity index is 478. The maximum atomic E-state index is 14.9. The van der Waals surface area contributed by atoms with Gasteiger partial charge in [0, 0.05) is 0 Å². The number of halogens is 12. The Morgan fingerprint density at radius 2 is 0.903 bits per heavy atom. The van der Waals surface area contributed by atoms with Crippen molar-refractivity contribution < 1.29 is 58.8 Å². The summed E-state index contributed by atoms with van der Waals surface area (Å²) in [5, 5.41) is 0. The molecule has 0 N–H and O–H groups in total. The van der Waals surface area contributed by atoms with Crippen molar-refractivity contribution in [2.45, 2.75) is 84.9 Å². The molecule has 0 spiro atoms. The summed E-state index contributed by atoms with van der Waals surface area (Å²) in [5.41, 5.74) is 0. The third-order valence-corrected chi connectivity index (χ3v) is 14.4. The van der Waals surface area contributed by atoms with Crippen molar-refractivity contribution in [3.8, 4) is 0 Å². The van der Waals surface area contributed by atoms with Gasteiger partial charge in [0.25, 0.3) is 0 Å². The normalized spacial score (nSPS) is 16.5. The second-order valence-electron chi connectivity index (χ2n) is 6.84. The molecule has 0 aliphatic carbocycles. The minimum atomic E-state index is -8.10. The van der Waals surface area contributed by atoms with Crippen LogP contribution in [0.5, 0.6) is 0 Å². The van der Waals surface area contributed by atoms with E-state index in [1.54, 1.807) is 0 Å². The molecule has 0 heterocycles. The fraction of sp³-hybridized carbons (Fsp3) is 1.00. The molecule has 2 nitrogen and oxygen atoms in total. The number of hydrogen-bond acceptors (Lipinski definition) is 2. The summed E-state index contributed by atoms with van der Waals surface area (Å²) in [6.07, 6.45) is -25.7. The quantitative estimate of drug-likeness (QED) is 0.123. The molecule has 188 valence electrons. The Morgan fingerprint density at radius 1 is 0.613 bits per heavy atom. The SMILES string of the molecule is CCCC[O][Sn]([O]CCCC)([C](F)(F)C(F)CC(F)(F)F)[C](F)(F)C(F)CC(F)(F)F. The zero-order chi connectivity index (χ0) is 24.7. The van der Waals surface area contributed by atoms with Crippen molar-refractivity contribution >= 4 is 19.2 Å². The molecule has 2 atom stereocenters. The number of alkyl halides is 12. The Morgan fingerprint density at radius 3 is 1.13 bits per heavy atom. The van der Waals surface area contributed by atoms with Crippen LogP contribution in [0.4, 0.5) is 52.7 Å². The summed E-state index contributed by atoms with van der Waals surface area (Å²) < 4.78 is 160. The van der Waals surface area contributed by atoms with Gasteiger partial charge in [-0.3, -0.25) is 0 Å². The number of rotatable bonds is 14. The third kappa shape index (κ3) is 8.63. The molecule has 0 fully saturated rings. The summed E-state index contributed by atoms with van der Waals surface area (Å²) in [4.78, 5) is 0. The van der Waals surface area contributed by atoms with Crippen molar-refractivity contribution in [3.05, 3.63) is 0 Å². The van der Waals surface area contributed by atoms with Gasteiger partial charge in [0.15, 0.2) is 0 Å². The van der Waals surface area contributed by atoms with Crippen molar-refractivity contribution in [1.82, 2.24) is 0 Å². The average Bonchev–Trinajstić information content (AvgIpc) is 2.57. The van der Waals surface area contributed by atoms with Gasteiger partial charge in [-0.25, -0.2) is 0 Å². The molecule has 0 aromatic carbocycles. The summed E-state index contributed by atoms with van der Waals surface area (Å²) >= 11 is -8.10. The molecule has 15 heteroatoms. The molecule has 0 amide bonds. The molecule has 0 bridgehead atoms. The van der Waals surface area contributed by atoms with E-state index in [1.165, 1.54) is 13.8 Å². The Kier molecular flexibility index (Phi) is 11.8. The molecular formula is C16H24F12O2Sn. The van der Waals surface area contributed by atoms with Gasteiger partial charge in [0.2, 0.25) is 0 Å². The van der Waals surface area contributed by atoms with E-state index in [2.05, 4.69) is 6.15 Å². The molecule has 0 saturated heterocycles. The first kappa shape index (κ1) is 30.9. The van der Waals surface area contributed by atoms with Crippen molar-refractivity contribution in [1.29, 1.82) is 0 Å². The van der Waals surface area contributed by atoms with Gasteiger partial charge in [-0.05, 0) is 0 Å². The van der Waals surface area contributed by atoms with Gasteiger partial charge in [-0.1, -0.05) is 0 Å². The summed E-state index contributed by atoms with van der Waals surface area (Å²) in [6.45, 7) is 0.888. The molecule has 2 unspecified atom stereocenters. The molecule has 0 aliphatic heterocycles. The van der Waals surface area contributed by atoms with Crippen LogP contribution in [0, 0.1) is 0 Å². The van der Waals surface area contributed by atoms with Gasteiger partial charge in [-0.15, -0.1) is 0 Å². The molecule has 0 aliphatic rings. The molecule has 0 aromatic heterocycles. The van der Waals surface area contributed by atoms with Crippen molar-refractivity contribution in [3.63, 3.8) is 0 Å². The van der Waals surface area contributed by atoms with E-state index in [1.807, 2.05) is 0 Å². The van der Waals surface area contributed by atoms with Crippen molar-refractivity contribution in [2.75, 3.05) is 13.2 Å². The van der Waals surface area contributed by atoms with Crippen molar-refractivity contribution in [2.24, 2.45) is 0 Å². The van der Waals surface area contributed by atoms with Crippen LogP contribution >= 0.6 is 0 Å². The fourth-order valence-electron chi connectivity index (χ4n) is 2.44. The van der Waals surface area contributed by atoms with E-state index in [9.17, 15) is 52.7 Å². The zero-order valence-electron chi connectivity index (χ0n) is 16.7. The predicted octanol–water partition coefficient (Wildman–Crippen LogP) is 6.99. The predicted molar refractivity (Wildman–Crippen MR) is 88.5 cm³/mol. The van der Waals surface area contributed by atoms with Crippen LogP contribution in [-0.4, -0.2) is 65.0 Å². The monoisotopic (exact) mass is 596 g/mol. The zero-order valence-corrected chi connectivity index (χ0v) is 19.5. The van der Waals surface area contributed by atoms with Gasteiger partial charge < -0.3 is 0 Å². The Labute approximate surface area is 176 Å². The second-order valence-corrected chi connectivity index (χ2v) is 15.8. The molecular weight excluding hydrogens is 571 g/mol. The molecule has 31 heavy (non-hydrogen) atoms. The van der Waals surface area contributed by atoms with Crippen LogP contribution in [0.2, 0.25) is 0 Å². The van der Waals surface area contributed by atoms with E-state index in [-0.39, 0.29) is 25.7 Å². The van der Waals surface area contributed by atoms with E-state index in [0.29, 0.717) is 0 Å². The van der Waals surface area contributed by atoms with Crippen LogP contribution in [0.3, 0.4) is 0 Å². The van der Waals surface area contributed by atoms with Crippen LogP contribution in [0.15, 0.2) is 0 Å². The standard InChI is InChI=1S/2C4H3F6.2C4H9O.Sn/c2*5-2(3(6)7)1-4(8,9)10;2*1-2-3-4-5;/h2*2H,1H2;2*2-4H2,1H3;/q;;2*-1;+2. The van der Waals surface area contributed by atoms with E-state index in [4.69, 9.17) is 0 Å². The number of unbranched alkanes of at least 4 members (excludes halogenated alkanes) is 2. The van der Waals surface area contributed by atoms with Gasteiger partial charge in [0.05, 0.1) is 0 Å². The first-order chi connectivity index (χ1) is 13.9. The summed E-state index contributed by atoms with van der Waals surface area (Å²) in [7, 11) is 0. The summed E-state index contributed by atoms with van der Waals surface area (Å²) in [6, 6.07) is 0.